The zero-order valence-corrected chi connectivity index (χ0v) is 10.1. The average molecular weight is 237 g/mol. The van der Waals surface area contributed by atoms with Gasteiger partial charge in [0.05, 0.1) is 0 Å². The Labute approximate surface area is 101 Å². The normalized spacial score (nSPS) is 20.6. The highest BCUT2D eigenvalue weighted by Gasteiger charge is 2.28. The van der Waals surface area contributed by atoms with Crippen LogP contribution in [0.4, 0.5) is 0 Å². The van der Waals surface area contributed by atoms with Crippen LogP contribution in [0.25, 0.3) is 0 Å². The van der Waals surface area contributed by atoms with Crippen LogP contribution in [0.2, 0.25) is 0 Å². The number of nitrogens with two attached hydrogens (primary N) is 1. The lowest BCUT2D eigenvalue weighted by molar-refractivity contribution is 0.0611. The van der Waals surface area contributed by atoms with Crippen molar-refractivity contribution >= 4 is 5.91 Å². The highest BCUT2D eigenvalue weighted by atomic mass is 16.2. The second-order valence-corrected chi connectivity index (χ2v) is 4.34. The number of nitrogens with zero attached hydrogens (tertiary/aromatic N) is 3. The van der Waals surface area contributed by atoms with E-state index in [9.17, 15) is 4.79 Å². The summed E-state index contributed by atoms with van der Waals surface area (Å²) in [5, 5.41) is 6.73. The molecule has 94 valence electrons. The molecular formula is C11H19N5O. The SMILES string of the molecule is CCc1nc(C(=O)N2CCCCC2CN)n[nH]1. The third kappa shape index (κ3) is 2.46. The fraction of sp³-hybridized carbons (Fsp3) is 0.727. The Morgan fingerprint density at radius 3 is 3.06 bits per heavy atom. The largest absolute Gasteiger partial charge is 0.332 e. The van der Waals surface area contributed by atoms with E-state index in [1.807, 2.05) is 11.8 Å². The number of carbonyl (C=O) groups is 1. The van der Waals surface area contributed by atoms with Crippen molar-refractivity contribution in [3.8, 4) is 0 Å². The highest BCUT2D eigenvalue weighted by molar-refractivity contribution is 5.90. The smallest absolute Gasteiger partial charge is 0.293 e. The van der Waals surface area contributed by atoms with Crippen molar-refractivity contribution in [3.63, 3.8) is 0 Å². The van der Waals surface area contributed by atoms with Gasteiger partial charge in [0.15, 0.2) is 0 Å². The molecule has 2 rings (SSSR count). The monoisotopic (exact) mass is 237 g/mol. The first-order chi connectivity index (χ1) is 8.26. The van der Waals surface area contributed by atoms with Gasteiger partial charge in [-0.25, -0.2) is 4.98 Å². The van der Waals surface area contributed by atoms with Gasteiger partial charge in [-0.15, -0.1) is 5.10 Å². The lowest BCUT2D eigenvalue weighted by atomic mass is 10.0. The first kappa shape index (κ1) is 12.0. The Bertz CT molecular complexity index is 389. The summed E-state index contributed by atoms with van der Waals surface area (Å²) in [4.78, 5) is 18.2. The average Bonchev–Trinajstić information content (AvgIpc) is 2.86. The summed E-state index contributed by atoms with van der Waals surface area (Å²) in [6.07, 6.45) is 3.90. The number of rotatable bonds is 3. The summed E-state index contributed by atoms with van der Waals surface area (Å²) in [5.74, 6) is 0.910. The molecule has 1 saturated heterocycles. The van der Waals surface area contributed by atoms with Gasteiger partial charge in [-0.2, -0.15) is 0 Å². The second-order valence-electron chi connectivity index (χ2n) is 4.34. The quantitative estimate of drug-likeness (QED) is 0.792. The fourth-order valence-electron chi connectivity index (χ4n) is 2.19. The van der Waals surface area contributed by atoms with E-state index >= 15 is 0 Å². The molecule has 17 heavy (non-hydrogen) atoms. The summed E-state index contributed by atoms with van der Waals surface area (Å²) in [5.41, 5.74) is 5.70. The molecule has 0 saturated carbocycles. The lowest BCUT2D eigenvalue weighted by Gasteiger charge is -2.34. The van der Waals surface area contributed by atoms with Crippen LogP contribution < -0.4 is 5.73 Å². The lowest BCUT2D eigenvalue weighted by Crippen LogP contribution is -2.47. The molecule has 1 aliphatic heterocycles. The van der Waals surface area contributed by atoms with Crippen molar-refractivity contribution in [2.45, 2.75) is 38.6 Å². The number of hydrogen-bond acceptors (Lipinski definition) is 4. The van der Waals surface area contributed by atoms with E-state index in [1.165, 1.54) is 0 Å². The minimum Gasteiger partial charge on any atom is -0.332 e. The Balaban J connectivity index is 2.12. The number of aromatic nitrogens is 3. The minimum atomic E-state index is -0.101. The number of amides is 1. The van der Waals surface area contributed by atoms with Gasteiger partial charge in [-0.05, 0) is 19.3 Å². The van der Waals surface area contributed by atoms with Crippen molar-refractivity contribution in [3.05, 3.63) is 11.6 Å². The number of hydrogen-bond donors (Lipinski definition) is 2. The molecule has 1 aliphatic rings. The van der Waals surface area contributed by atoms with Crippen LogP contribution in [0.3, 0.4) is 0 Å². The topological polar surface area (TPSA) is 87.9 Å². The molecule has 1 unspecified atom stereocenters. The van der Waals surface area contributed by atoms with E-state index in [4.69, 9.17) is 5.73 Å². The Morgan fingerprint density at radius 2 is 2.41 bits per heavy atom. The Kier molecular flexibility index (Phi) is 3.73. The van der Waals surface area contributed by atoms with Gasteiger partial charge in [0.1, 0.15) is 5.82 Å². The summed E-state index contributed by atoms with van der Waals surface area (Å²) in [7, 11) is 0. The molecular weight excluding hydrogens is 218 g/mol. The van der Waals surface area contributed by atoms with Crippen LogP contribution in [0.5, 0.6) is 0 Å². The summed E-state index contributed by atoms with van der Waals surface area (Å²) < 4.78 is 0. The van der Waals surface area contributed by atoms with Crippen LogP contribution in [0.1, 0.15) is 42.6 Å². The van der Waals surface area contributed by atoms with E-state index < -0.39 is 0 Å². The third-order valence-electron chi connectivity index (χ3n) is 3.22. The molecule has 2 heterocycles. The van der Waals surface area contributed by atoms with E-state index in [1.54, 1.807) is 0 Å². The standard InChI is InChI=1S/C11H19N5O/c1-2-9-13-10(15-14-9)11(17)16-6-4-3-5-8(16)7-12/h8H,2-7,12H2,1H3,(H,13,14,15). The Morgan fingerprint density at radius 1 is 1.59 bits per heavy atom. The number of nitrogens with one attached hydrogen (secondary N) is 1. The molecule has 1 aromatic heterocycles. The van der Waals surface area contributed by atoms with Crippen LogP contribution in [0, 0.1) is 0 Å². The molecule has 0 bridgehead atoms. The maximum atomic E-state index is 12.2. The third-order valence-corrected chi connectivity index (χ3v) is 3.22. The molecule has 3 N–H and O–H groups in total. The van der Waals surface area contributed by atoms with Crippen LogP contribution in [-0.4, -0.2) is 45.1 Å². The Hall–Kier alpha value is -1.43. The minimum absolute atomic E-state index is 0.101. The van der Waals surface area contributed by atoms with E-state index in [-0.39, 0.29) is 17.8 Å². The molecule has 0 aliphatic carbocycles. The number of aromatic amines is 1. The number of carbonyl (C=O) groups excluding carboxylic acids is 1. The zero-order chi connectivity index (χ0) is 12.3. The van der Waals surface area contributed by atoms with E-state index in [2.05, 4.69) is 15.2 Å². The number of aryl methyl sites for hydroxylation is 1. The summed E-state index contributed by atoms with van der Waals surface area (Å²) in [6.45, 7) is 3.24. The number of piperidine rings is 1. The first-order valence-electron chi connectivity index (χ1n) is 6.18. The van der Waals surface area contributed by atoms with Gasteiger partial charge >= 0.3 is 0 Å². The summed E-state index contributed by atoms with van der Waals surface area (Å²) >= 11 is 0. The van der Waals surface area contributed by atoms with Crippen molar-refractivity contribution in [2.24, 2.45) is 5.73 Å². The van der Waals surface area contributed by atoms with Crippen LogP contribution in [0.15, 0.2) is 0 Å². The van der Waals surface area contributed by atoms with Crippen LogP contribution >= 0.6 is 0 Å². The molecule has 1 aromatic rings. The van der Waals surface area contributed by atoms with Gasteiger partial charge < -0.3 is 10.6 Å². The predicted molar refractivity (Wildman–Crippen MR) is 63.5 cm³/mol. The molecule has 6 nitrogen and oxygen atoms in total. The van der Waals surface area contributed by atoms with Gasteiger partial charge in [-0.3, -0.25) is 9.89 Å². The van der Waals surface area contributed by atoms with Gasteiger partial charge in [0, 0.05) is 25.6 Å². The van der Waals surface area contributed by atoms with Crippen molar-refractivity contribution in [2.75, 3.05) is 13.1 Å². The number of H-pyrrole nitrogens is 1. The maximum absolute atomic E-state index is 12.2. The maximum Gasteiger partial charge on any atom is 0.293 e. The number of likely N-dealkylation sites (tertiary alicyclic amines) is 1. The summed E-state index contributed by atoms with van der Waals surface area (Å²) in [6, 6.07) is 0.139. The molecule has 0 radical (unpaired) electrons. The van der Waals surface area contributed by atoms with Gasteiger partial charge in [-0.1, -0.05) is 6.92 Å². The predicted octanol–water partition coefficient (Wildman–Crippen LogP) is 0.321. The molecule has 0 aromatic carbocycles. The van der Waals surface area contributed by atoms with Gasteiger partial charge in [0.25, 0.3) is 5.91 Å². The fourth-order valence-corrected chi connectivity index (χ4v) is 2.19. The molecule has 0 spiro atoms. The van der Waals surface area contributed by atoms with Crippen molar-refractivity contribution in [1.82, 2.24) is 20.1 Å². The van der Waals surface area contributed by atoms with Gasteiger partial charge in [0.2, 0.25) is 5.82 Å². The molecule has 1 fully saturated rings. The zero-order valence-electron chi connectivity index (χ0n) is 10.1. The van der Waals surface area contributed by atoms with Crippen molar-refractivity contribution in [1.29, 1.82) is 0 Å². The van der Waals surface area contributed by atoms with E-state index in [0.717, 1.165) is 38.1 Å². The highest BCUT2D eigenvalue weighted by Crippen LogP contribution is 2.17. The molecule has 1 atom stereocenters. The molecule has 6 heteroatoms. The van der Waals surface area contributed by atoms with E-state index in [0.29, 0.717) is 6.54 Å². The van der Waals surface area contributed by atoms with Crippen molar-refractivity contribution < 1.29 is 4.79 Å². The first-order valence-corrected chi connectivity index (χ1v) is 6.18. The second kappa shape index (κ2) is 5.27. The molecule has 1 amide bonds. The van der Waals surface area contributed by atoms with Crippen LogP contribution in [-0.2, 0) is 6.42 Å².